The van der Waals surface area contributed by atoms with E-state index >= 15 is 0 Å². The van der Waals surface area contributed by atoms with Crippen molar-refractivity contribution < 1.29 is 23.2 Å². The minimum Gasteiger partial charge on any atom is -0.469 e. The number of furan rings is 1. The predicted molar refractivity (Wildman–Crippen MR) is 141 cm³/mol. The molecule has 0 spiro atoms. The Hall–Kier alpha value is -3.96. The summed E-state index contributed by atoms with van der Waals surface area (Å²) in [7, 11) is 0. The van der Waals surface area contributed by atoms with Crippen LogP contribution in [0, 0.1) is 18.7 Å². The van der Waals surface area contributed by atoms with Crippen LogP contribution in [-0.4, -0.2) is 27.5 Å². The average Bonchev–Trinajstić information content (AvgIpc) is 3.58. The molecular formula is C27H20FN3O5S2. The number of hydrogen-bond acceptors (Lipinski definition) is 7. The van der Waals surface area contributed by atoms with E-state index in [4.69, 9.17) is 4.42 Å². The van der Waals surface area contributed by atoms with E-state index in [0.29, 0.717) is 21.4 Å². The van der Waals surface area contributed by atoms with Gasteiger partial charge in [-0.05, 0) is 61.0 Å². The van der Waals surface area contributed by atoms with Crippen molar-refractivity contribution in [2.75, 3.05) is 10.2 Å². The monoisotopic (exact) mass is 549 g/mol. The summed E-state index contributed by atoms with van der Waals surface area (Å²) in [4.78, 5) is 54.5. The number of imide groups is 1. The molecule has 38 heavy (non-hydrogen) atoms. The highest BCUT2D eigenvalue weighted by Crippen LogP contribution is 2.53. The van der Waals surface area contributed by atoms with Gasteiger partial charge in [-0.1, -0.05) is 35.2 Å². The van der Waals surface area contributed by atoms with Crippen molar-refractivity contribution in [3.05, 3.63) is 98.6 Å². The molecule has 4 aromatic rings. The lowest BCUT2D eigenvalue weighted by Crippen LogP contribution is -2.32. The number of anilines is 2. The molecule has 1 N–H and O–H groups in total. The van der Waals surface area contributed by atoms with Crippen molar-refractivity contribution in [2.24, 2.45) is 5.92 Å². The Kier molecular flexibility index (Phi) is 6.04. The Bertz CT molecular complexity index is 1630. The molecule has 3 atom stereocenters. The smallest absolute Gasteiger partial charge is 0.308 e. The molecule has 2 aliphatic rings. The maximum Gasteiger partial charge on any atom is 0.308 e. The third-order valence-electron chi connectivity index (χ3n) is 6.59. The maximum absolute atomic E-state index is 13.7. The van der Waals surface area contributed by atoms with Crippen LogP contribution < -0.4 is 15.1 Å². The molecule has 2 aromatic heterocycles. The van der Waals surface area contributed by atoms with Gasteiger partial charge in [-0.2, -0.15) is 0 Å². The zero-order chi connectivity index (χ0) is 26.6. The number of hydrogen-bond donors (Lipinski definition) is 1. The van der Waals surface area contributed by atoms with Crippen LogP contribution in [0.15, 0.2) is 81.2 Å². The summed E-state index contributed by atoms with van der Waals surface area (Å²) in [5.74, 6) is -2.86. The standard InChI is InChI=1S/C27H20FN3O5S2/c1-14-4-2-5-16(12-14)29-19(32)13-30-26-23(38-27(30)35)20(18-6-3-11-36-18)21-22(37-26)25(34)31(24(21)33)17-9-7-15(28)8-10-17/h2-12,20-22H,13H2,1H3,(H,29,32)/t20-,21-,22+/m0/s1. The molecule has 8 nitrogen and oxygen atoms in total. The van der Waals surface area contributed by atoms with E-state index in [1.165, 1.54) is 35.1 Å². The molecule has 6 rings (SSSR count). The zero-order valence-corrected chi connectivity index (χ0v) is 21.6. The Morgan fingerprint density at radius 3 is 2.55 bits per heavy atom. The highest BCUT2D eigenvalue weighted by atomic mass is 32.2. The number of halogens is 1. The molecule has 2 aromatic carbocycles. The number of thioether (sulfide) groups is 1. The van der Waals surface area contributed by atoms with Gasteiger partial charge in [-0.3, -0.25) is 23.7 Å². The third kappa shape index (κ3) is 4.07. The molecule has 0 unspecified atom stereocenters. The van der Waals surface area contributed by atoms with Gasteiger partial charge in [-0.15, -0.1) is 0 Å². The first-order valence-corrected chi connectivity index (χ1v) is 13.4. The van der Waals surface area contributed by atoms with Gasteiger partial charge in [0.1, 0.15) is 23.4 Å². The fraction of sp³-hybridized carbons (Fsp3) is 0.185. The molecule has 2 aliphatic heterocycles. The third-order valence-corrected chi connectivity index (χ3v) is 9.19. The number of thiazole rings is 1. The minimum atomic E-state index is -0.852. The second kappa shape index (κ2) is 9.41. The normalized spacial score (nSPS) is 20.4. The average molecular weight is 550 g/mol. The Morgan fingerprint density at radius 2 is 1.84 bits per heavy atom. The second-order valence-electron chi connectivity index (χ2n) is 9.09. The van der Waals surface area contributed by atoms with E-state index in [1.54, 1.807) is 18.2 Å². The summed E-state index contributed by atoms with van der Waals surface area (Å²) < 4.78 is 20.5. The van der Waals surface area contributed by atoms with E-state index in [2.05, 4.69) is 5.32 Å². The van der Waals surface area contributed by atoms with E-state index in [9.17, 15) is 23.6 Å². The summed E-state index contributed by atoms with van der Waals surface area (Å²) in [6.07, 6.45) is 1.47. The summed E-state index contributed by atoms with van der Waals surface area (Å²) in [6.45, 7) is 1.66. The first-order chi connectivity index (χ1) is 18.3. The van der Waals surface area contributed by atoms with Crippen LogP contribution in [0.5, 0.6) is 0 Å². The van der Waals surface area contributed by atoms with Gasteiger partial charge in [0.25, 0.3) is 0 Å². The van der Waals surface area contributed by atoms with Gasteiger partial charge in [0.15, 0.2) is 0 Å². The zero-order valence-electron chi connectivity index (χ0n) is 19.9. The summed E-state index contributed by atoms with van der Waals surface area (Å²) in [5.41, 5.74) is 1.86. The molecule has 11 heteroatoms. The summed E-state index contributed by atoms with van der Waals surface area (Å²) in [5, 5.41) is 2.42. The number of carbonyl (C=O) groups excluding carboxylic acids is 3. The first kappa shape index (κ1) is 24.4. The van der Waals surface area contributed by atoms with Crippen molar-refractivity contribution in [1.29, 1.82) is 0 Å². The van der Waals surface area contributed by atoms with Crippen LogP contribution in [0.1, 0.15) is 22.1 Å². The number of aromatic nitrogens is 1. The van der Waals surface area contributed by atoms with Crippen LogP contribution in [0.25, 0.3) is 0 Å². The molecule has 1 fully saturated rings. The number of aryl methyl sites for hydroxylation is 1. The molecule has 1 saturated heterocycles. The van der Waals surface area contributed by atoms with Gasteiger partial charge >= 0.3 is 4.87 Å². The van der Waals surface area contributed by atoms with Crippen molar-refractivity contribution in [3.63, 3.8) is 0 Å². The lowest BCUT2D eigenvalue weighted by molar-refractivity contribution is -0.122. The fourth-order valence-corrected chi connectivity index (χ4v) is 7.69. The Morgan fingerprint density at radius 1 is 1.05 bits per heavy atom. The van der Waals surface area contributed by atoms with Gasteiger partial charge in [0, 0.05) is 5.69 Å². The van der Waals surface area contributed by atoms with Gasteiger partial charge in [0.05, 0.1) is 33.7 Å². The molecule has 4 heterocycles. The van der Waals surface area contributed by atoms with Crippen LogP contribution in [0.4, 0.5) is 15.8 Å². The van der Waals surface area contributed by atoms with E-state index < -0.39 is 40.6 Å². The number of benzene rings is 2. The largest absolute Gasteiger partial charge is 0.469 e. The van der Waals surface area contributed by atoms with Gasteiger partial charge in [-0.25, -0.2) is 9.29 Å². The molecule has 0 radical (unpaired) electrons. The molecule has 192 valence electrons. The van der Waals surface area contributed by atoms with E-state index in [0.717, 1.165) is 33.6 Å². The number of nitrogens with zero attached hydrogens (tertiary/aromatic N) is 2. The van der Waals surface area contributed by atoms with Crippen LogP contribution in [-0.2, 0) is 20.9 Å². The van der Waals surface area contributed by atoms with Crippen LogP contribution in [0.3, 0.4) is 0 Å². The lowest BCUT2D eigenvalue weighted by Gasteiger charge is -2.29. The fourth-order valence-electron chi connectivity index (χ4n) is 4.94. The quantitative estimate of drug-likeness (QED) is 0.371. The van der Waals surface area contributed by atoms with Crippen LogP contribution in [0.2, 0.25) is 0 Å². The highest BCUT2D eigenvalue weighted by Gasteiger charge is 2.57. The summed E-state index contributed by atoms with van der Waals surface area (Å²) in [6, 6.07) is 15.9. The lowest BCUT2D eigenvalue weighted by atomic mass is 9.87. The molecule has 0 bridgehead atoms. The first-order valence-electron chi connectivity index (χ1n) is 11.8. The van der Waals surface area contributed by atoms with Crippen LogP contribution >= 0.6 is 23.1 Å². The SMILES string of the molecule is Cc1cccc(NC(=O)Cn2c3c(sc2=O)[C@@H](c2ccco2)[C@@H]2C(=O)N(c4ccc(F)cc4)C(=O)[C@@H]2S3)c1. The topological polar surface area (TPSA) is 102 Å². The Balaban J connectivity index is 1.38. The minimum absolute atomic E-state index is 0.252. The second-order valence-corrected chi connectivity index (χ2v) is 11.2. The molecular weight excluding hydrogens is 529 g/mol. The Labute approximate surface area is 224 Å². The van der Waals surface area contributed by atoms with Crippen molar-refractivity contribution >= 4 is 52.2 Å². The molecule has 0 saturated carbocycles. The highest BCUT2D eigenvalue weighted by molar-refractivity contribution is 8.00. The maximum atomic E-state index is 13.7. The number of rotatable bonds is 5. The number of amides is 3. The van der Waals surface area contributed by atoms with E-state index in [1.807, 2.05) is 25.1 Å². The van der Waals surface area contributed by atoms with Crippen molar-refractivity contribution in [2.45, 2.75) is 29.7 Å². The van der Waals surface area contributed by atoms with Crippen molar-refractivity contribution in [3.8, 4) is 0 Å². The number of fused-ring (bicyclic) bond motifs is 2. The predicted octanol–water partition coefficient (Wildman–Crippen LogP) is 4.38. The van der Waals surface area contributed by atoms with Crippen molar-refractivity contribution in [1.82, 2.24) is 4.57 Å². The van der Waals surface area contributed by atoms with Gasteiger partial charge < -0.3 is 9.73 Å². The molecule has 3 amide bonds. The summed E-state index contributed by atoms with van der Waals surface area (Å²) >= 11 is 2.05. The number of carbonyl (C=O) groups is 3. The molecule has 0 aliphatic carbocycles. The van der Waals surface area contributed by atoms with E-state index in [-0.39, 0.29) is 17.1 Å². The van der Waals surface area contributed by atoms with Gasteiger partial charge in [0.2, 0.25) is 17.7 Å². The number of nitrogens with one attached hydrogen (secondary N) is 1.